The summed E-state index contributed by atoms with van der Waals surface area (Å²) in [5, 5.41) is 4.87. The summed E-state index contributed by atoms with van der Waals surface area (Å²) in [5.41, 5.74) is 0. The van der Waals surface area contributed by atoms with Crippen LogP contribution in [0.2, 0.25) is 0 Å². The van der Waals surface area contributed by atoms with E-state index in [2.05, 4.69) is 5.32 Å². The Labute approximate surface area is 43.4 Å². The van der Waals surface area contributed by atoms with Crippen molar-refractivity contribution in [1.29, 1.82) is 0 Å². The summed E-state index contributed by atoms with van der Waals surface area (Å²) in [5.74, 6) is 5.39. The molecule has 0 spiro atoms. The van der Waals surface area contributed by atoms with Gasteiger partial charge in [-0.05, 0) is 0 Å². The van der Waals surface area contributed by atoms with Crippen LogP contribution >= 0.6 is 0 Å². The van der Waals surface area contributed by atoms with Crippen molar-refractivity contribution >= 4 is 0 Å². The first-order valence-electron chi connectivity index (χ1n) is 2.49. The minimum atomic E-state index is 0.583. The van der Waals surface area contributed by atoms with Gasteiger partial charge in [-0.15, -0.1) is 0 Å². The fraction of sp³-hybridized carbons (Fsp3) is 1.00. The standard InChI is InChI=1S/C4H11N3/c1-7(5)4-2-6-3-4/h4,6H,2-3,5H2,1H3. The maximum Gasteiger partial charge on any atom is 0.0487 e. The van der Waals surface area contributed by atoms with Gasteiger partial charge < -0.3 is 5.32 Å². The topological polar surface area (TPSA) is 41.3 Å². The molecule has 0 atom stereocenters. The highest BCUT2D eigenvalue weighted by atomic mass is 15.4. The molecule has 3 heteroatoms. The number of nitrogens with one attached hydrogen (secondary N) is 1. The lowest BCUT2D eigenvalue weighted by molar-refractivity contribution is 0.184. The Morgan fingerprint density at radius 2 is 2.29 bits per heavy atom. The molecule has 1 heterocycles. The van der Waals surface area contributed by atoms with Gasteiger partial charge in [0, 0.05) is 26.2 Å². The molecule has 42 valence electrons. The normalized spacial score (nSPS) is 22.7. The zero-order chi connectivity index (χ0) is 5.28. The largest absolute Gasteiger partial charge is 0.313 e. The lowest BCUT2D eigenvalue weighted by Gasteiger charge is -2.32. The second-order valence-electron chi connectivity index (χ2n) is 1.98. The number of hydrogen-bond donors (Lipinski definition) is 2. The Balaban J connectivity index is 2.14. The van der Waals surface area contributed by atoms with Crippen molar-refractivity contribution in [3.8, 4) is 0 Å². The van der Waals surface area contributed by atoms with Gasteiger partial charge in [0.25, 0.3) is 0 Å². The van der Waals surface area contributed by atoms with Crippen molar-refractivity contribution in [2.24, 2.45) is 5.84 Å². The number of hydrogen-bond acceptors (Lipinski definition) is 3. The smallest absolute Gasteiger partial charge is 0.0487 e. The van der Waals surface area contributed by atoms with Crippen LogP contribution in [0.25, 0.3) is 0 Å². The Morgan fingerprint density at radius 3 is 2.29 bits per heavy atom. The van der Waals surface area contributed by atoms with Crippen molar-refractivity contribution in [2.45, 2.75) is 6.04 Å². The molecular weight excluding hydrogens is 90.1 g/mol. The molecule has 0 bridgehead atoms. The summed E-state index contributed by atoms with van der Waals surface area (Å²) >= 11 is 0. The number of likely N-dealkylation sites (N-methyl/N-ethyl adjacent to an activating group) is 1. The van der Waals surface area contributed by atoms with E-state index in [-0.39, 0.29) is 0 Å². The first kappa shape index (κ1) is 5.03. The summed E-state index contributed by atoms with van der Waals surface area (Å²) < 4.78 is 0. The zero-order valence-electron chi connectivity index (χ0n) is 4.52. The third kappa shape index (κ3) is 0.907. The number of nitrogens with zero attached hydrogens (tertiary/aromatic N) is 1. The first-order valence-corrected chi connectivity index (χ1v) is 2.49. The molecule has 1 saturated heterocycles. The van der Waals surface area contributed by atoms with Gasteiger partial charge >= 0.3 is 0 Å². The average Bonchev–Trinajstić information content (AvgIpc) is 1.23. The summed E-state index contributed by atoms with van der Waals surface area (Å²) in [6, 6.07) is 0.583. The van der Waals surface area contributed by atoms with Crippen molar-refractivity contribution < 1.29 is 0 Å². The van der Waals surface area contributed by atoms with Crippen LogP contribution in [0.1, 0.15) is 0 Å². The van der Waals surface area contributed by atoms with E-state index in [0.29, 0.717) is 6.04 Å². The fourth-order valence-corrected chi connectivity index (χ4v) is 0.561. The Kier molecular flexibility index (Phi) is 1.27. The fourth-order valence-electron chi connectivity index (χ4n) is 0.561. The van der Waals surface area contributed by atoms with E-state index in [9.17, 15) is 0 Å². The minimum Gasteiger partial charge on any atom is -0.313 e. The predicted molar refractivity (Wildman–Crippen MR) is 28.6 cm³/mol. The molecule has 0 aromatic heterocycles. The van der Waals surface area contributed by atoms with Crippen LogP contribution in [0, 0.1) is 0 Å². The van der Waals surface area contributed by atoms with E-state index < -0.39 is 0 Å². The van der Waals surface area contributed by atoms with Gasteiger partial charge in [0.1, 0.15) is 0 Å². The third-order valence-corrected chi connectivity index (χ3v) is 1.34. The zero-order valence-corrected chi connectivity index (χ0v) is 4.52. The van der Waals surface area contributed by atoms with E-state index in [1.807, 2.05) is 7.05 Å². The molecule has 3 N–H and O–H groups in total. The monoisotopic (exact) mass is 101 g/mol. The van der Waals surface area contributed by atoms with E-state index in [4.69, 9.17) is 5.84 Å². The van der Waals surface area contributed by atoms with Crippen LogP contribution < -0.4 is 11.2 Å². The van der Waals surface area contributed by atoms with E-state index >= 15 is 0 Å². The first-order chi connectivity index (χ1) is 3.30. The van der Waals surface area contributed by atoms with E-state index in [1.54, 1.807) is 5.01 Å². The van der Waals surface area contributed by atoms with Crippen LogP contribution in [0.3, 0.4) is 0 Å². The quantitative estimate of drug-likeness (QED) is 0.321. The van der Waals surface area contributed by atoms with Crippen LogP contribution in [-0.4, -0.2) is 31.2 Å². The highest BCUT2D eigenvalue weighted by Gasteiger charge is 2.18. The second kappa shape index (κ2) is 1.78. The van der Waals surface area contributed by atoms with Gasteiger partial charge in [-0.2, -0.15) is 0 Å². The predicted octanol–water partition coefficient (Wildman–Crippen LogP) is -1.24. The molecule has 0 amide bonds. The van der Waals surface area contributed by atoms with Crippen LogP contribution in [0.5, 0.6) is 0 Å². The molecule has 0 radical (unpaired) electrons. The lowest BCUT2D eigenvalue weighted by atomic mass is 10.2. The summed E-state index contributed by atoms with van der Waals surface area (Å²) in [6.07, 6.45) is 0. The molecule has 1 aliphatic rings. The van der Waals surface area contributed by atoms with E-state index in [0.717, 1.165) is 13.1 Å². The summed E-state index contributed by atoms with van der Waals surface area (Å²) in [6.45, 7) is 2.10. The lowest BCUT2D eigenvalue weighted by Crippen LogP contribution is -2.58. The molecule has 1 fully saturated rings. The number of nitrogens with two attached hydrogens (primary N) is 1. The molecular formula is C4H11N3. The van der Waals surface area contributed by atoms with Gasteiger partial charge in [0.15, 0.2) is 0 Å². The molecule has 1 rings (SSSR count). The number of rotatable bonds is 1. The molecule has 0 aliphatic carbocycles. The van der Waals surface area contributed by atoms with Crippen LogP contribution in [-0.2, 0) is 0 Å². The van der Waals surface area contributed by atoms with Crippen molar-refractivity contribution in [2.75, 3.05) is 20.1 Å². The van der Waals surface area contributed by atoms with Gasteiger partial charge in [-0.25, -0.2) is 5.01 Å². The Bertz CT molecular complexity index is 58.0. The van der Waals surface area contributed by atoms with Crippen LogP contribution in [0.15, 0.2) is 0 Å². The molecule has 7 heavy (non-hydrogen) atoms. The molecule has 0 unspecified atom stereocenters. The Hall–Kier alpha value is -0.120. The van der Waals surface area contributed by atoms with E-state index in [1.165, 1.54) is 0 Å². The van der Waals surface area contributed by atoms with Crippen LogP contribution in [0.4, 0.5) is 0 Å². The van der Waals surface area contributed by atoms with Crippen molar-refractivity contribution in [3.63, 3.8) is 0 Å². The number of hydrazine groups is 1. The van der Waals surface area contributed by atoms with Gasteiger partial charge in [0.05, 0.1) is 0 Å². The molecule has 0 aromatic rings. The van der Waals surface area contributed by atoms with Gasteiger partial charge in [-0.3, -0.25) is 5.84 Å². The van der Waals surface area contributed by atoms with Gasteiger partial charge in [0.2, 0.25) is 0 Å². The maximum atomic E-state index is 5.39. The molecule has 0 aromatic carbocycles. The molecule has 0 saturated carbocycles. The van der Waals surface area contributed by atoms with Crippen molar-refractivity contribution in [3.05, 3.63) is 0 Å². The summed E-state index contributed by atoms with van der Waals surface area (Å²) in [4.78, 5) is 0. The van der Waals surface area contributed by atoms with Gasteiger partial charge in [-0.1, -0.05) is 0 Å². The molecule has 3 nitrogen and oxygen atoms in total. The summed E-state index contributed by atoms with van der Waals surface area (Å²) in [7, 11) is 1.89. The average molecular weight is 101 g/mol. The molecule has 1 aliphatic heterocycles. The van der Waals surface area contributed by atoms with Crippen molar-refractivity contribution in [1.82, 2.24) is 10.3 Å². The highest BCUT2D eigenvalue weighted by molar-refractivity contribution is 4.79. The SMILES string of the molecule is CN(N)C1CNC1. The third-order valence-electron chi connectivity index (χ3n) is 1.34. The Morgan fingerprint density at radius 1 is 1.71 bits per heavy atom. The highest BCUT2D eigenvalue weighted by Crippen LogP contribution is 1.94. The second-order valence-corrected chi connectivity index (χ2v) is 1.98. The minimum absolute atomic E-state index is 0.583. The maximum absolute atomic E-state index is 5.39.